The van der Waals surface area contributed by atoms with Crippen molar-refractivity contribution in [2.45, 2.75) is 32.0 Å². The Bertz CT molecular complexity index is 343. The fraction of sp³-hybridized carbons (Fsp3) is 0.727. The van der Waals surface area contributed by atoms with Crippen LogP contribution in [0, 0.1) is 0 Å². The molecule has 0 bridgehead atoms. The molecule has 0 aliphatic carbocycles. The third kappa shape index (κ3) is 5.90. The number of hydrogen-bond acceptors (Lipinski definition) is 4. The lowest BCUT2D eigenvalue weighted by Crippen LogP contribution is -2.44. The molecule has 1 aromatic heterocycles. The maximum Gasteiger partial charge on any atom is 0.0833 e. The monoisotopic (exact) mass is 321 g/mol. The number of nitrogens with one attached hydrogen (secondary N) is 1. The molecule has 0 saturated carbocycles. The zero-order chi connectivity index (χ0) is 12.9. The van der Waals surface area contributed by atoms with Crippen LogP contribution in [0.5, 0.6) is 0 Å². The highest BCUT2D eigenvalue weighted by Crippen LogP contribution is 2.10. The summed E-state index contributed by atoms with van der Waals surface area (Å²) in [5.41, 5.74) is -0.654. The van der Waals surface area contributed by atoms with E-state index >= 15 is 0 Å². The van der Waals surface area contributed by atoms with Gasteiger partial charge in [-0.15, -0.1) is 0 Å². The minimum absolute atomic E-state index is 0.273. The molecule has 6 heteroatoms. The largest absolute Gasteiger partial charge is 0.388 e. The third-order valence-electron chi connectivity index (χ3n) is 2.35. The molecule has 17 heavy (non-hydrogen) atoms. The summed E-state index contributed by atoms with van der Waals surface area (Å²) in [7, 11) is 0. The fourth-order valence-electron chi connectivity index (χ4n) is 1.54. The van der Waals surface area contributed by atoms with Gasteiger partial charge in [-0.2, -0.15) is 16.9 Å². The van der Waals surface area contributed by atoms with Crippen LogP contribution in [-0.2, 0) is 6.54 Å². The first-order valence-corrected chi connectivity index (χ1v) is 7.74. The Morgan fingerprint density at radius 1 is 1.71 bits per heavy atom. The lowest BCUT2D eigenvalue weighted by molar-refractivity contribution is 0.0812. The van der Waals surface area contributed by atoms with E-state index in [-0.39, 0.29) is 6.04 Å². The van der Waals surface area contributed by atoms with Crippen LogP contribution in [0.2, 0.25) is 0 Å². The molecule has 0 saturated heterocycles. The van der Waals surface area contributed by atoms with E-state index in [4.69, 9.17) is 0 Å². The maximum absolute atomic E-state index is 10.0. The van der Waals surface area contributed by atoms with Gasteiger partial charge < -0.3 is 10.4 Å². The van der Waals surface area contributed by atoms with Gasteiger partial charge in [0.15, 0.2) is 0 Å². The van der Waals surface area contributed by atoms with Gasteiger partial charge in [-0.25, -0.2) is 0 Å². The first-order valence-electron chi connectivity index (χ1n) is 5.55. The topological polar surface area (TPSA) is 50.1 Å². The van der Waals surface area contributed by atoms with Crippen LogP contribution in [-0.4, -0.2) is 45.1 Å². The molecule has 2 atom stereocenters. The highest BCUT2D eigenvalue weighted by Gasteiger charge is 2.20. The van der Waals surface area contributed by atoms with Crippen LogP contribution in [0.4, 0.5) is 0 Å². The first-order chi connectivity index (χ1) is 7.93. The number of rotatable bonds is 7. The highest BCUT2D eigenvalue weighted by atomic mass is 79.9. The van der Waals surface area contributed by atoms with Gasteiger partial charge in [-0.3, -0.25) is 4.68 Å². The second-order valence-electron chi connectivity index (χ2n) is 4.59. The van der Waals surface area contributed by atoms with E-state index in [2.05, 4.69) is 33.3 Å². The minimum Gasteiger partial charge on any atom is -0.388 e. The molecule has 1 rings (SSSR count). The summed E-state index contributed by atoms with van der Waals surface area (Å²) < 4.78 is 2.87. The Kier molecular flexibility index (Phi) is 5.99. The Hall–Kier alpha value is -0.0400. The van der Waals surface area contributed by atoms with E-state index in [1.54, 1.807) is 18.0 Å². The molecule has 1 aromatic rings. The summed E-state index contributed by atoms with van der Waals surface area (Å²) >= 11 is 5.02. The molecule has 0 fully saturated rings. The summed E-state index contributed by atoms with van der Waals surface area (Å²) in [6.45, 7) is 5.33. The van der Waals surface area contributed by atoms with Crippen LogP contribution in [0.3, 0.4) is 0 Å². The van der Waals surface area contributed by atoms with Crippen molar-refractivity contribution in [2.24, 2.45) is 0 Å². The second-order valence-corrected chi connectivity index (χ2v) is 6.37. The number of aliphatic hydroxyl groups is 1. The SMILES string of the molecule is CSC[C@](C)(O)CN[C@H](C)Cn1cc(Br)cn1. The van der Waals surface area contributed by atoms with Gasteiger partial charge in [0, 0.05) is 24.5 Å². The van der Waals surface area contributed by atoms with E-state index in [1.807, 2.05) is 24.1 Å². The van der Waals surface area contributed by atoms with Gasteiger partial charge in [0.1, 0.15) is 0 Å². The van der Waals surface area contributed by atoms with Gasteiger partial charge in [0.2, 0.25) is 0 Å². The van der Waals surface area contributed by atoms with Crippen molar-refractivity contribution in [1.29, 1.82) is 0 Å². The van der Waals surface area contributed by atoms with E-state index in [0.717, 1.165) is 16.8 Å². The average Bonchev–Trinajstić information content (AvgIpc) is 2.61. The van der Waals surface area contributed by atoms with Crippen molar-refractivity contribution < 1.29 is 5.11 Å². The van der Waals surface area contributed by atoms with Crippen molar-refractivity contribution in [3.05, 3.63) is 16.9 Å². The molecule has 0 amide bonds. The molecule has 0 aliphatic heterocycles. The zero-order valence-corrected chi connectivity index (χ0v) is 12.9. The molecular weight excluding hydrogens is 302 g/mol. The summed E-state index contributed by atoms with van der Waals surface area (Å²) in [5.74, 6) is 0.736. The van der Waals surface area contributed by atoms with Crippen LogP contribution < -0.4 is 5.32 Å². The number of thioether (sulfide) groups is 1. The average molecular weight is 322 g/mol. The van der Waals surface area contributed by atoms with E-state index in [0.29, 0.717) is 6.54 Å². The molecule has 98 valence electrons. The predicted octanol–water partition coefficient (Wildman–Crippen LogP) is 1.74. The number of hydrogen-bond donors (Lipinski definition) is 2. The molecule has 2 N–H and O–H groups in total. The molecule has 1 heterocycles. The summed E-state index contributed by atoms with van der Waals surface area (Å²) in [4.78, 5) is 0. The number of halogens is 1. The molecule has 0 spiro atoms. The smallest absolute Gasteiger partial charge is 0.0833 e. The van der Waals surface area contributed by atoms with Gasteiger partial charge >= 0.3 is 0 Å². The molecule has 0 unspecified atom stereocenters. The van der Waals surface area contributed by atoms with Crippen molar-refractivity contribution in [1.82, 2.24) is 15.1 Å². The molecule has 0 radical (unpaired) electrons. The lowest BCUT2D eigenvalue weighted by Gasteiger charge is -2.25. The van der Waals surface area contributed by atoms with Crippen molar-refractivity contribution in [2.75, 3.05) is 18.6 Å². The van der Waals surface area contributed by atoms with Gasteiger partial charge in [-0.1, -0.05) is 0 Å². The fourth-order valence-corrected chi connectivity index (χ4v) is 2.59. The third-order valence-corrected chi connectivity index (χ3v) is 3.67. The Morgan fingerprint density at radius 2 is 2.41 bits per heavy atom. The van der Waals surface area contributed by atoms with Gasteiger partial charge in [0.25, 0.3) is 0 Å². The van der Waals surface area contributed by atoms with E-state index < -0.39 is 5.60 Å². The second kappa shape index (κ2) is 6.78. The predicted molar refractivity (Wildman–Crippen MR) is 76.4 cm³/mol. The zero-order valence-electron chi connectivity index (χ0n) is 10.5. The Balaban J connectivity index is 2.32. The quantitative estimate of drug-likeness (QED) is 0.803. The van der Waals surface area contributed by atoms with Crippen molar-refractivity contribution in [3.63, 3.8) is 0 Å². The minimum atomic E-state index is -0.654. The highest BCUT2D eigenvalue weighted by molar-refractivity contribution is 9.10. The Morgan fingerprint density at radius 3 is 2.94 bits per heavy atom. The standard InChI is InChI=1S/C11H20BrN3OS/c1-9(5-15-6-10(12)4-14-15)13-7-11(2,16)8-17-3/h4,6,9,13,16H,5,7-8H2,1-3H3/t9-,11-/m1/s1. The van der Waals surface area contributed by atoms with E-state index in [1.165, 1.54) is 0 Å². The summed E-state index contributed by atoms with van der Waals surface area (Å²) in [5, 5.41) is 17.5. The van der Waals surface area contributed by atoms with Crippen LogP contribution in [0.25, 0.3) is 0 Å². The maximum atomic E-state index is 10.0. The lowest BCUT2D eigenvalue weighted by atomic mass is 10.1. The normalized spacial score (nSPS) is 16.8. The van der Waals surface area contributed by atoms with Crippen molar-refractivity contribution >= 4 is 27.7 Å². The van der Waals surface area contributed by atoms with Gasteiger partial charge in [-0.05, 0) is 36.0 Å². The van der Waals surface area contributed by atoms with E-state index in [9.17, 15) is 5.11 Å². The Labute approximate surface area is 115 Å². The number of aromatic nitrogens is 2. The number of nitrogens with zero attached hydrogens (tertiary/aromatic N) is 2. The molecule has 4 nitrogen and oxygen atoms in total. The van der Waals surface area contributed by atoms with Crippen LogP contribution in [0.15, 0.2) is 16.9 Å². The molecule has 0 aromatic carbocycles. The summed E-state index contributed by atoms with van der Waals surface area (Å²) in [6.07, 6.45) is 5.72. The van der Waals surface area contributed by atoms with Crippen LogP contribution >= 0.6 is 27.7 Å². The van der Waals surface area contributed by atoms with Gasteiger partial charge in [0.05, 0.1) is 22.8 Å². The molecular formula is C11H20BrN3OS. The van der Waals surface area contributed by atoms with Crippen LogP contribution in [0.1, 0.15) is 13.8 Å². The summed E-state index contributed by atoms with van der Waals surface area (Å²) in [6, 6.07) is 0.273. The first kappa shape index (κ1) is 15.0. The van der Waals surface area contributed by atoms with Crippen molar-refractivity contribution in [3.8, 4) is 0 Å². The molecule has 0 aliphatic rings.